The van der Waals surface area contributed by atoms with E-state index in [2.05, 4.69) is 9.03 Å². The molecule has 27 heavy (non-hydrogen) atoms. The molecule has 1 heterocycles. The summed E-state index contributed by atoms with van der Waals surface area (Å²) < 4.78 is 25.6. The lowest BCUT2D eigenvalue weighted by atomic mass is 9.90. The molecule has 4 nitrogen and oxygen atoms in total. The van der Waals surface area contributed by atoms with Gasteiger partial charge < -0.3 is 4.74 Å². The molecule has 1 aliphatic heterocycles. The van der Waals surface area contributed by atoms with E-state index in [1.165, 1.54) is 43.9 Å². The number of nitrogens with zero attached hydrogens (tertiary/aromatic N) is 1. The molecule has 1 N–H and O–H groups in total. The summed E-state index contributed by atoms with van der Waals surface area (Å²) in [6.45, 7) is 2.62. The highest BCUT2D eigenvalue weighted by Crippen LogP contribution is 2.51. The van der Waals surface area contributed by atoms with Gasteiger partial charge in [-0.3, -0.25) is 9.52 Å². The van der Waals surface area contributed by atoms with E-state index in [4.69, 9.17) is 4.74 Å². The fraction of sp³-hybridized carbons (Fsp3) is 0.667. The molecule has 1 aromatic carbocycles. The van der Waals surface area contributed by atoms with Crippen LogP contribution in [0.4, 0.5) is 4.39 Å². The molecule has 3 atom stereocenters. The van der Waals surface area contributed by atoms with Crippen LogP contribution < -0.4 is 9.46 Å². The molecule has 0 aromatic heterocycles. The minimum absolute atomic E-state index is 0.135. The molecular formula is C21H27FN2O2S. The molecule has 5 rings (SSSR count). The largest absolute Gasteiger partial charge is 0.493 e. The van der Waals surface area contributed by atoms with E-state index in [1.54, 1.807) is 6.07 Å². The minimum atomic E-state index is -0.484. The maximum absolute atomic E-state index is 14.7. The first kappa shape index (κ1) is 17.8. The van der Waals surface area contributed by atoms with Gasteiger partial charge in [0, 0.05) is 31.3 Å². The molecule has 3 saturated carbocycles. The molecule has 0 radical (unpaired) electrons. The Morgan fingerprint density at radius 2 is 2.04 bits per heavy atom. The third-order valence-corrected chi connectivity index (χ3v) is 7.47. The number of hydrogen-bond donors (Lipinski definition) is 1. The molecule has 3 aliphatic carbocycles. The number of hydrogen-bond acceptors (Lipinski definition) is 4. The summed E-state index contributed by atoms with van der Waals surface area (Å²) in [6, 6.07) is 3.17. The number of carbonyl (C=O) groups is 1. The lowest BCUT2D eigenvalue weighted by Gasteiger charge is -2.28. The molecule has 4 fully saturated rings. The van der Waals surface area contributed by atoms with Gasteiger partial charge >= 0.3 is 0 Å². The average molecular weight is 391 g/mol. The highest BCUT2D eigenvalue weighted by molar-refractivity contribution is 7.95. The second kappa shape index (κ2) is 7.28. The van der Waals surface area contributed by atoms with Gasteiger partial charge in [-0.15, -0.1) is 0 Å². The van der Waals surface area contributed by atoms with Gasteiger partial charge in [-0.1, -0.05) is 0 Å². The van der Waals surface area contributed by atoms with Crippen molar-refractivity contribution in [1.29, 1.82) is 0 Å². The summed E-state index contributed by atoms with van der Waals surface area (Å²) in [6.07, 6.45) is 8.57. The minimum Gasteiger partial charge on any atom is -0.493 e. The van der Waals surface area contributed by atoms with E-state index in [0.717, 1.165) is 49.8 Å². The van der Waals surface area contributed by atoms with Crippen LogP contribution in [0.3, 0.4) is 0 Å². The summed E-state index contributed by atoms with van der Waals surface area (Å²) >= 11 is 1.28. The average Bonchev–Trinajstić information content (AvgIpc) is 3.51. The molecule has 6 heteroatoms. The van der Waals surface area contributed by atoms with E-state index in [1.807, 2.05) is 0 Å². The van der Waals surface area contributed by atoms with Crippen LogP contribution in [-0.4, -0.2) is 29.9 Å². The highest BCUT2D eigenvalue weighted by atomic mass is 32.2. The van der Waals surface area contributed by atoms with Crippen LogP contribution in [0.15, 0.2) is 12.1 Å². The van der Waals surface area contributed by atoms with Gasteiger partial charge in [-0.25, -0.2) is 8.70 Å². The Bertz CT molecular complexity index is 735. The van der Waals surface area contributed by atoms with Crippen molar-refractivity contribution in [2.24, 2.45) is 17.8 Å². The second-order valence-corrected chi connectivity index (χ2v) is 9.60. The number of nitrogens with one attached hydrogen (secondary N) is 1. The van der Waals surface area contributed by atoms with Crippen molar-refractivity contribution in [3.63, 3.8) is 0 Å². The van der Waals surface area contributed by atoms with Gasteiger partial charge in [-0.05, 0) is 80.2 Å². The molecule has 146 valence electrons. The van der Waals surface area contributed by atoms with E-state index in [9.17, 15) is 9.18 Å². The molecule has 3 unspecified atom stereocenters. The summed E-state index contributed by atoms with van der Waals surface area (Å²) in [4.78, 5) is 12.4. The summed E-state index contributed by atoms with van der Waals surface area (Å²) in [5, 5.41) is 0. The summed E-state index contributed by atoms with van der Waals surface area (Å²) in [5.41, 5.74) is 1.14. The molecule has 0 bridgehead atoms. The van der Waals surface area contributed by atoms with Crippen LogP contribution in [0.2, 0.25) is 0 Å². The van der Waals surface area contributed by atoms with Crippen LogP contribution in [0.5, 0.6) is 5.75 Å². The number of halogens is 1. The number of ether oxygens (including phenoxy) is 1. The van der Waals surface area contributed by atoms with Gasteiger partial charge in [0.2, 0.25) is 0 Å². The van der Waals surface area contributed by atoms with E-state index in [-0.39, 0.29) is 11.5 Å². The Morgan fingerprint density at radius 1 is 1.19 bits per heavy atom. The first-order valence-corrected chi connectivity index (χ1v) is 11.1. The van der Waals surface area contributed by atoms with Crippen molar-refractivity contribution in [1.82, 2.24) is 9.03 Å². The van der Waals surface area contributed by atoms with Crippen molar-refractivity contribution in [2.75, 3.05) is 19.7 Å². The van der Waals surface area contributed by atoms with Crippen LogP contribution in [-0.2, 0) is 0 Å². The summed E-state index contributed by atoms with van der Waals surface area (Å²) in [5.74, 6) is 2.72. The second-order valence-electron chi connectivity index (χ2n) is 8.70. The van der Waals surface area contributed by atoms with Crippen molar-refractivity contribution in [3.8, 4) is 5.75 Å². The smallest absolute Gasteiger partial charge is 0.265 e. The normalized spacial score (nSPS) is 29.6. The Labute approximate surface area is 164 Å². The number of rotatable bonds is 7. The molecule has 4 aliphatic rings. The first-order chi connectivity index (χ1) is 13.2. The third kappa shape index (κ3) is 3.97. The predicted molar refractivity (Wildman–Crippen MR) is 104 cm³/mol. The maximum Gasteiger partial charge on any atom is 0.265 e. The Hall–Kier alpha value is -1.27. The van der Waals surface area contributed by atoms with Crippen molar-refractivity contribution < 1.29 is 13.9 Å². The molecule has 1 aromatic rings. The Morgan fingerprint density at radius 3 is 2.74 bits per heavy atom. The van der Waals surface area contributed by atoms with Gasteiger partial charge in [0.05, 0.1) is 12.2 Å². The van der Waals surface area contributed by atoms with Crippen LogP contribution in [0.25, 0.3) is 0 Å². The quantitative estimate of drug-likeness (QED) is 0.695. The fourth-order valence-electron chi connectivity index (χ4n) is 4.43. The predicted octanol–water partition coefficient (Wildman–Crippen LogP) is 4.52. The number of benzene rings is 1. The van der Waals surface area contributed by atoms with E-state index < -0.39 is 5.82 Å². The molecule has 1 amide bonds. The number of amides is 1. The van der Waals surface area contributed by atoms with Gasteiger partial charge in [0.15, 0.2) is 0 Å². The SMILES string of the molecule is O=C(NSN1CCC1)c1cc(C2CC2)c(OCC2CCC3CC3C2)cc1F. The molecule has 0 spiro atoms. The van der Waals surface area contributed by atoms with Crippen LogP contribution in [0.1, 0.15) is 66.8 Å². The van der Waals surface area contributed by atoms with Gasteiger partial charge in [-0.2, -0.15) is 0 Å². The van der Waals surface area contributed by atoms with E-state index >= 15 is 0 Å². The van der Waals surface area contributed by atoms with Crippen LogP contribution >= 0.6 is 12.1 Å². The zero-order valence-electron chi connectivity index (χ0n) is 15.6. The lowest BCUT2D eigenvalue weighted by Crippen LogP contribution is -2.35. The van der Waals surface area contributed by atoms with E-state index in [0.29, 0.717) is 24.2 Å². The topological polar surface area (TPSA) is 41.6 Å². The highest BCUT2D eigenvalue weighted by Gasteiger charge is 2.42. The van der Waals surface area contributed by atoms with Crippen molar-refractivity contribution >= 4 is 18.0 Å². The third-order valence-electron chi connectivity index (χ3n) is 6.57. The standard InChI is InChI=1S/C21H27FN2O2S/c22-19-11-20(26-12-13-2-3-15-9-16(15)8-13)17(14-4-5-14)10-18(19)21(25)23-27-24-6-1-7-24/h10-11,13-16H,1-9,12H2,(H,23,25). The molecular weight excluding hydrogens is 363 g/mol. The maximum atomic E-state index is 14.7. The first-order valence-electron chi connectivity index (χ1n) is 10.4. The van der Waals surface area contributed by atoms with Gasteiger partial charge in [0.1, 0.15) is 11.6 Å². The van der Waals surface area contributed by atoms with Gasteiger partial charge in [0.25, 0.3) is 5.91 Å². The van der Waals surface area contributed by atoms with Crippen LogP contribution in [0, 0.1) is 23.6 Å². The zero-order valence-corrected chi connectivity index (χ0v) is 16.4. The summed E-state index contributed by atoms with van der Waals surface area (Å²) in [7, 11) is 0. The lowest BCUT2D eigenvalue weighted by molar-refractivity contribution is 0.0978. The number of carbonyl (C=O) groups excluding carboxylic acids is 1. The Kier molecular flexibility index (Phi) is 4.80. The fourth-order valence-corrected chi connectivity index (χ4v) is 5.19. The Balaban J connectivity index is 1.26. The molecule has 1 saturated heterocycles. The van der Waals surface area contributed by atoms with Crippen molar-refractivity contribution in [2.45, 2.75) is 50.9 Å². The van der Waals surface area contributed by atoms with Crippen molar-refractivity contribution in [3.05, 3.63) is 29.1 Å². The monoisotopic (exact) mass is 390 g/mol. The zero-order chi connectivity index (χ0) is 18.4. The number of fused-ring (bicyclic) bond motifs is 1.